The van der Waals surface area contributed by atoms with Crippen LogP contribution in [0.15, 0.2) is 168 Å². The molecule has 0 fully saturated rings. The molecule has 2 heterocycles. The fraction of sp³-hybridized carbons (Fsp3) is 0.0227. The second-order valence-corrected chi connectivity index (χ2v) is 11.6. The lowest BCUT2D eigenvalue weighted by atomic mass is 9.98. The van der Waals surface area contributed by atoms with Crippen molar-refractivity contribution in [2.45, 2.75) is 6.92 Å². The third kappa shape index (κ3) is 5.72. The van der Waals surface area contributed by atoms with E-state index in [2.05, 4.69) is 121 Å². The van der Waals surface area contributed by atoms with Gasteiger partial charge in [-0.3, -0.25) is 0 Å². The van der Waals surface area contributed by atoms with Gasteiger partial charge in [-0.25, -0.2) is 15.0 Å². The molecule has 0 bridgehead atoms. The summed E-state index contributed by atoms with van der Waals surface area (Å²) in [5.41, 5.74) is 10.2. The van der Waals surface area contributed by atoms with E-state index in [9.17, 15) is 0 Å². The molecule has 0 atom stereocenters. The molecule has 0 N–H and O–H groups in total. The highest BCUT2D eigenvalue weighted by Gasteiger charge is 2.15. The first-order valence-electron chi connectivity index (χ1n) is 16.1. The molecule has 0 saturated carbocycles. The highest BCUT2D eigenvalue weighted by atomic mass is 16.3. The van der Waals surface area contributed by atoms with E-state index in [0.29, 0.717) is 17.5 Å². The Kier molecular flexibility index (Phi) is 7.73. The zero-order chi connectivity index (χ0) is 32.3. The predicted molar refractivity (Wildman–Crippen MR) is 198 cm³/mol. The van der Waals surface area contributed by atoms with Gasteiger partial charge in [-0.2, -0.15) is 0 Å². The van der Waals surface area contributed by atoms with E-state index >= 15 is 0 Å². The summed E-state index contributed by atoms with van der Waals surface area (Å²) in [5.74, 6) is 1.88. The lowest BCUT2D eigenvalue weighted by Crippen LogP contribution is -2.00. The molecule has 4 heteroatoms. The van der Waals surface area contributed by atoms with Gasteiger partial charge in [-0.15, -0.1) is 0 Å². The van der Waals surface area contributed by atoms with Gasteiger partial charge in [-0.05, 0) is 46.9 Å². The minimum absolute atomic E-state index is 0.623. The van der Waals surface area contributed by atoms with Crippen LogP contribution in [0.25, 0.3) is 84.4 Å². The molecule has 0 amide bonds. The van der Waals surface area contributed by atoms with Gasteiger partial charge in [0.25, 0.3) is 0 Å². The lowest BCUT2D eigenvalue weighted by Gasteiger charge is -2.10. The van der Waals surface area contributed by atoms with Crippen molar-refractivity contribution >= 4 is 28.0 Å². The van der Waals surface area contributed by atoms with E-state index in [1.807, 2.05) is 55.5 Å². The number of hydrogen-bond donors (Lipinski definition) is 0. The topological polar surface area (TPSA) is 51.8 Å². The number of hydrogen-bond acceptors (Lipinski definition) is 4. The van der Waals surface area contributed by atoms with E-state index in [0.717, 1.165) is 60.9 Å². The Morgan fingerprint density at radius 1 is 0.438 bits per heavy atom. The zero-order valence-electron chi connectivity index (χ0n) is 26.4. The van der Waals surface area contributed by atoms with Crippen molar-refractivity contribution < 1.29 is 4.42 Å². The first kappa shape index (κ1) is 29.0. The molecule has 0 aliphatic carbocycles. The summed E-state index contributed by atoms with van der Waals surface area (Å²) < 4.78 is 6.15. The van der Waals surface area contributed by atoms with Crippen LogP contribution >= 0.6 is 0 Å². The maximum absolute atomic E-state index is 6.15. The van der Waals surface area contributed by atoms with Gasteiger partial charge in [0.05, 0.1) is 0 Å². The molecule has 0 aliphatic heterocycles. The van der Waals surface area contributed by atoms with Crippen molar-refractivity contribution in [2.75, 3.05) is 0 Å². The first-order valence-corrected chi connectivity index (χ1v) is 16.1. The predicted octanol–water partition coefficient (Wildman–Crippen LogP) is 11.7. The van der Waals surface area contributed by atoms with Gasteiger partial charge in [0, 0.05) is 27.5 Å². The molecular formula is C44H31N3O. The van der Waals surface area contributed by atoms with Gasteiger partial charge < -0.3 is 4.42 Å². The van der Waals surface area contributed by atoms with E-state index in [4.69, 9.17) is 19.4 Å². The fourth-order valence-electron chi connectivity index (χ4n) is 6.04. The standard InChI is InChI=1S/C44H31N3O/c1-2-3-5-11-30-18-20-34(21-19-30)42-45-43(35-26-22-32(23-27-35)31-12-6-4-7-13-31)47-44(46-42)36-28-24-33(25-29-36)37-15-10-17-40-41(37)38-14-8-9-16-39(38)48-40/h2-29H,1H3/b3-2-,11-5-. The average Bonchev–Trinajstić information content (AvgIpc) is 3.55. The molecule has 4 nitrogen and oxygen atoms in total. The average molecular weight is 618 g/mol. The van der Waals surface area contributed by atoms with Crippen molar-refractivity contribution in [3.8, 4) is 56.4 Å². The molecule has 6 aromatic carbocycles. The molecule has 228 valence electrons. The lowest BCUT2D eigenvalue weighted by molar-refractivity contribution is 0.669. The van der Waals surface area contributed by atoms with Crippen LogP contribution in [-0.2, 0) is 0 Å². The Labute approximate surface area is 279 Å². The second kappa shape index (κ2) is 12.8. The van der Waals surface area contributed by atoms with Crippen LogP contribution < -0.4 is 0 Å². The van der Waals surface area contributed by atoms with Crippen molar-refractivity contribution in [1.29, 1.82) is 0 Å². The zero-order valence-corrected chi connectivity index (χ0v) is 26.4. The van der Waals surface area contributed by atoms with Gasteiger partial charge in [-0.1, -0.05) is 158 Å². The molecule has 48 heavy (non-hydrogen) atoms. The van der Waals surface area contributed by atoms with Gasteiger partial charge in [0.15, 0.2) is 17.5 Å². The Hall–Kier alpha value is -6.39. The van der Waals surface area contributed by atoms with Gasteiger partial charge >= 0.3 is 0 Å². The Balaban J connectivity index is 1.19. The smallest absolute Gasteiger partial charge is 0.164 e. The van der Waals surface area contributed by atoms with Gasteiger partial charge in [0.1, 0.15) is 11.2 Å². The third-order valence-electron chi connectivity index (χ3n) is 8.50. The Morgan fingerprint density at radius 3 is 1.60 bits per heavy atom. The van der Waals surface area contributed by atoms with Crippen LogP contribution in [0.3, 0.4) is 0 Å². The summed E-state index contributed by atoms with van der Waals surface area (Å²) in [6, 6.07) is 49.9. The number of fused-ring (bicyclic) bond motifs is 3. The summed E-state index contributed by atoms with van der Waals surface area (Å²) in [4.78, 5) is 15.0. The Morgan fingerprint density at radius 2 is 0.958 bits per heavy atom. The van der Waals surface area contributed by atoms with Crippen molar-refractivity contribution in [1.82, 2.24) is 15.0 Å². The first-order chi connectivity index (χ1) is 23.7. The van der Waals surface area contributed by atoms with Crippen LogP contribution in [0.5, 0.6) is 0 Å². The minimum atomic E-state index is 0.623. The van der Waals surface area contributed by atoms with Crippen LogP contribution in [0.2, 0.25) is 0 Å². The van der Waals surface area contributed by atoms with E-state index < -0.39 is 0 Å². The Bertz CT molecular complexity index is 2420. The SMILES string of the molecule is C/C=C\C=C/c1ccc(-c2nc(-c3ccc(-c4ccccc4)cc3)nc(-c3ccc(-c4cccc5oc6ccccc6c45)cc3)n2)cc1. The van der Waals surface area contributed by atoms with Crippen molar-refractivity contribution in [2.24, 2.45) is 0 Å². The molecule has 8 rings (SSSR count). The quantitative estimate of drug-likeness (QED) is 0.167. The summed E-state index contributed by atoms with van der Waals surface area (Å²) in [5, 5.41) is 2.23. The molecule has 0 radical (unpaired) electrons. The number of allylic oxidation sites excluding steroid dienone is 3. The highest BCUT2D eigenvalue weighted by molar-refractivity contribution is 6.12. The van der Waals surface area contributed by atoms with Crippen LogP contribution in [-0.4, -0.2) is 15.0 Å². The molecule has 2 aromatic heterocycles. The second-order valence-electron chi connectivity index (χ2n) is 11.6. The van der Waals surface area contributed by atoms with E-state index in [1.54, 1.807) is 0 Å². The van der Waals surface area contributed by atoms with Gasteiger partial charge in [0.2, 0.25) is 0 Å². The third-order valence-corrected chi connectivity index (χ3v) is 8.50. The van der Waals surface area contributed by atoms with Crippen LogP contribution in [0, 0.1) is 0 Å². The summed E-state index contributed by atoms with van der Waals surface area (Å²) in [7, 11) is 0. The van der Waals surface area contributed by atoms with E-state index in [-0.39, 0.29) is 0 Å². The van der Waals surface area contributed by atoms with Crippen LogP contribution in [0.4, 0.5) is 0 Å². The number of benzene rings is 6. The largest absolute Gasteiger partial charge is 0.456 e. The van der Waals surface area contributed by atoms with E-state index in [1.165, 1.54) is 5.56 Å². The maximum atomic E-state index is 6.15. The summed E-state index contributed by atoms with van der Waals surface area (Å²) in [6.45, 7) is 2.01. The monoisotopic (exact) mass is 617 g/mol. The molecule has 8 aromatic rings. The molecule has 0 unspecified atom stereocenters. The normalized spacial score (nSPS) is 11.7. The van der Waals surface area contributed by atoms with Crippen LogP contribution in [0.1, 0.15) is 12.5 Å². The van der Waals surface area contributed by atoms with Crippen molar-refractivity contribution in [3.05, 3.63) is 169 Å². The number of furan rings is 1. The summed E-state index contributed by atoms with van der Waals surface area (Å²) >= 11 is 0. The number of rotatable bonds is 7. The number of para-hydroxylation sites is 1. The van der Waals surface area contributed by atoms with Crippen molar-refractivity contribution in [3.63, 3.8) is 0 Å². The summed E-state index contributed by atoms with van der Waals surface area (Å²) in [6.07, 6.45) is 8.14. The molecule has 0 saturated heterocycles. The number of nitrogens with zero attached hydrogens (tertiary/aromatic N) is 3. The fourth-order valence-corrected chi connectivity index (χ4v) is 6.04. The molecule has 0 aliphatic rings. The number of aromatic nitrogens is 3. The molecular weight excluding hydrogens is 587 g/mol. The highest BCUT2D eigenvalue weighted by Crippen LogP contribution is 2.37. The minimum Gasteiger partial charge on any atom is -0.456 e. The molecule has 0 spiro atoms. The maximum Gasteiger partial charge on any atom is 0.164 e.